The first-order valence-electron chi connectivity index (χ1n) is 2.88. The van der Waals surface area contributed by atoms with Crippen LogP contribution in [0.25, 0.3) is 0 Å². The molecule has 0 unspecified atom stereocenters. The van der Waals surface area contributed by atoms with Crippen molar-refractivity contribution in [2.45, 2.75) is 0 Å². The van der Waals surface area contributed by atoms with Gasteiger partial charge in [-0.25, -0.2) is 0 Å². The quantitative estimate of drug-likeness (QED) is 0.428. The van der Waals surface area contributed by atoms with Crippen LogP contribution < -0.4 is 5.73 Å². The first-order chi connectivity index (χ1) is 4.66. The molecule has 58 valence electrons. The van der Waals surface area contributed by atoms with Crippen molar-refractivity contribution in [3.63, 3.8) is 0 Å². The van der Waals surface area contributed by atoms with Crippen molar-refractivity contribution in [3.05, 3.63) is 12.2 Å². The third-order valence-corrected chi connectivity index (χ3v) is 0.956. The van der Waals surface area contributed by atoms with Crippen LogP contribution in [0.3, 0.4) is 0 Å². The van der Waals surface area contributed by atoms with Crippen LogP contribution in [0.2, 0.25) is 0 Å². The number of nitrogens with two attached hydrogens (primary N) is 1. The van der Waals surface area contributed by atoms with E-state index >= 15 is 0 Å². The van der Waals surface area contributed by atoms with Gasteiger partial charge in [-0.15, -0.1) is 0 Å². The van der Waals surface area contributed by atoms with E-state index < -0.39 is 5.91 Å². The summed E-state index contributed by atoms with van der Waals surface area (Å²) < 4.78 is 0. The first-order valence-corrected chi connectivity index (χ1v) is 2.88. The molecule has 0 rings (SSSR count). The van der Waals surface area contributed by atoms with E-state index in [0.29, 0.717) is 6.54 Å². The Morgan fingerprint density at radius 2 is 2.40 bits per heavy atom. The number of amides is 1. The van der Waals surface area contributed by atoms with Crippen LogP contribution in [0.15, 0.2) is 12.2 Å². The highest BCUT2D eigenvalue weighted by Gasteiger charge is 1.88. The lowest BCUT2D eigenvalue weighted by Crippen LogP contribution is -2.16. The molecule has 0 bridgehead atoms. The maximum atomic E-state index is 10.1. The molecule has 0 radical (unpaired) electrons. The molecule has 0 aromatic heterocycles. The molecule has 0 aliphatic heterocycles. The van der Waals surface area contributed by atoms with E-state index in [-0.39, 0.29) is 0 Å². The molecule has 1 amide bonds. The molecule has 2 N–H and O–H groups in total. The Labute approximate surface area is 60.2 Å². The number of hydrogen-bond donors (Lipinski definition) is 1. The van der Waals surface area contributed by atoms with Crippen molar-refractivity contribution >= 4 is 5.91 Å². The molecular weight excluding hydrogens is 132 g/mol. The fourth-order valence-corrected chi connectivity index (χ4v) is 0.392. The zero-order valence-electron chi connectivity index (χ0n) is 6.20. The Kier molecular flexibility index (Phi) is 4.53. The van der Waals surface area contributed by atoms with E-state index in [0.717, 1.165) is 0 Å². The second-order valence-electron chi connectivity index (χ2n) is 1.80. The average molecular weight is 144 g/mol. The first kappa shape index (κ1) is 9.13. The topological polar surface area (TPSA) is 55.6 Å². The lowest BCUT2D eigenvalue weighted by atomic mass is 10.5. The number of nitrogens with zero attached hydrogens (tertiary/aromatic N) is 1. The van der Waals surface area contributed by atoms with Crippen LogP contribution >= 0.6 is 0 Å². The van der Waals surface area contributed by atoms with Crippen LogP contribution in [0.4, 0.5) is 0 Å². The largest absolute Gasteiger partial charge is 0.366 e. The average Bonchev–Trinajstić information content (AvgIpc) is 1.87. The normalized spacial score (nSPS) is 11.1. The Hall–Kier alpha value is -0.870. The van der Waals surface area contributed by atoms with Gasteiger partial charge in [0, 0.05) is 19.7 Å². The molecule has 10 heavy (non-hydrogen) atoms. The molecular formula is C6H12N2O2. The summed E-state index contributed by atoms with van der Waals surface area (Å²) in [5.74, 6) is -0.440. The molecule has 4 nitrogen and oxygen atoms in total. The van der Waals surface area contributed by atoms with E-state index in [1.165, 1.54) is 6.08 Å². The Morgan fingerprint density at radius 3 is 2.80 bits per heavy atom. The lowest BCUT2D eigenvalue weighted by Gasteiger charge is -2.08. The van der Waals surface area contributed by atoms with Gasteiger partial charge in [0.1, 0.15) is 0 Å². The number of hydrogen-bond acceptors (Lipinski definition) is 3. The van der Waals surface area contributed by atoms with Gasteiger partial charge in [0.05, 0.1) is 7.11 Å². The van der Waals surface area contributed by atoms with Crippen molar-refractivity contribution in [3.8, 4) is 0 Å². The van der Waals surface area contributed by atoms with Crippen molar-refractivity contribution in [1.29, 1.82) is 0 Å². The number of rotatable bonds is 4. The molecule has 0 aliphatic carbocycles. The molecule has 0 fully saturated rings. The van der Waals surface area contributed by atoms with Crippen LogP contribution in [0.5, 0.6) is 0 Å². The third-order valence-electron chi connectivity index (χ3n) is 0.956. The van der Waals surface area contributed by atoms with E-state index in [1.54, 1.807) is 25.3 Å². The predicted molar refractivity (Wildman–Crippen MR) is 38.0 cm³/mol. The molecule has 0 aromatic rings. The number of primary amides is 1. The van der Waals surface area contributed by atoms with Crippen molar-refractivity contribution in [2.24, 2.45) is 5.73 Å². The SMILES string of the molecule is CON(C)C/C=C/C(N)=O. The molecule has 0 atom stereocenters. The number of likely N-dealkylation sites (N-methyl/N-ethyl adjacent to an activating group) is 1. The summed E-state index contributed by atoms with van der Waals surface area (Å²) in [7, 11) is 3.31. The van der Waals surface area contributed by atoms with Gasteiger partial charge >= 0.3 is 0 Å². The molecule has 0 aliphatic rings. The van der Waals surface area contributed by atoms with Crippen LogP contribution in [0, 0.1) is 0 Å². The molecule has 0 saturated carbocycles. The smallest absolute Gasteiger partial charge is 0.241 e. The summed E-state index contributed by atoms with van der Waals surface area (Å²) in [6.45, 7) is 0.555. The molecule has 0 saturated heterocycles. The predicted octanol–water partition coefficient (Wildman–Crippen LogP) is -0.479. The highest BCUT2D eigenvalue weighted by Crippen LogP contribution is 1.81. The van der Waals surface area contributed by atoms with Gasteiger partial charge in [0.2, 0.25) is 5.91 Å². The summed E-state index contributed by atoms with van der Waals surface area (Å²) in [4.78, 5) is 14.9. The van der Waals surface area contributed by atoms with Crippen molar-refractivity contribution in [2.75, 3.05) is 20.7 Å². The molecule has 0 aromatic carbocycles. The van der Waals surface area contributed by atoms with E-state index in [2.05, 4.69) is 0 Å². The van der Waals surface area contributed by atoms with Crippen LogP contribution in [-0.2, 0) is 9.63 Å². The number of hydroxylamine groups is 2. The van der Waals surface area contributed by atoms with Crippen LogP contribution in [-0.4, -0.2) is 31.7 Å². The van der Waals surface area contributed by atoms with Gasteiger partial charge in [0.25, 0.3) is 0 Å². The zero-order chi connectivity index (χ0) is 7.98. The lowest BCUT2D eigenvalue weighted by molar-refractivity contribution is -0.113. The standard InChI is InChI=1S/C6H12N2O2/c1-8(10-2)5-3-4-6(7)9/h3-4H,5H2,1-2H3,(H2,7,9)/b4-3+. The second kappa shape index (κ2) is 4.96. The number of carbonyl (C=O) groups is 1. The van der Waals surface area contributed by atoms with Gasteiger partial charge in [-0.2, -0.15) is 5.06 Å². The maximum absolute atomic E-state index is 10.1. The minimum atomic E-state index is -0.440. The fourth-order valence-electron chi connectivity index (χ4n) is 0.392. The van der Waals surface area contributed by atoms with Gasteiger partial charge in [-0.3, -0.25) is 4.79 Å². The van der Waals surface area contributed by atoms with Gasteiger partial charge in [-0.1, -0.05) is 6.08 Å². The monoisotopic (exact) mass is 144 g/mol. The highest BCUT2D eigenvalue weighted by molar-refractivity contribution is 5.85. The van der Waals surface area contributed by atoms with Gasteiger partial charge in [-0.05, 0) is 0 Å². The van der Waals surface area contributed by atoms with E-state index in [9.17, 15) is 4.79 Å². The van der Waals surface area contributed by atoms with Crippen molar-refractivity contribution in [1.82, 2.24) is 5.06 Å². The van der Waals surface area contributed by atoms with Gasteiger partial charge in [0.15, 0.2) is 0 Å². The van der Waals surface area contributed by atoms with E-state index in [4.69, 9.17) is 10.6 Å². The Bertz CT molecular complexity index is 134. The molecule has 0 spiro atoms. The Morgan fingerprint density at radius 1 is 1.80 bits per heavy atom. The minimum absolute atomic E-state index is 0.440. The Balaban J connectivity index is 3.43. The highest BCUT2D eigenvalue weighted by atomic mass is 16.7. The zero-order valence-corrected chi connectivity index (χ0v) is 6.20. The molecule has 0 heterocycles. The summed E-state index contributed by atoms with van der Waals surface area (Å²) in [6, 6.07) is 0. The maximum Gasteiger partial charge on any atom is 0.241 e. The minimum Gasteiger partial charge on any atom is -0.366 e. The fraction of sp³-hybridized carbons (Fsp3) is 0.500. The number of carbonyl (C=O) groups excluding carboxylic acids is 1. The van der Waals surface area contributed by atoms with Crippen LogP contribution in [0.1, 0.15) is 0 Å². The summed E-state index contributed by atoms with van der Waals surface area (Å²) in [5, 5.41) is 1.57. The van der Waals surface area contributed by atoms with Gasteiger partial charge < -0.3 is 10.6 Å². The summed E-state index contributed by atoms with van der Waals surface area (Å²) in [5.41, 5.74) is 4.84. The van der Waals surface area contributed by atoms with E-state index in [1.807, 2.05) is 0 Å². The third kappa shape index (κ3) is 5.27. The summed E-state index contributed by atoms with van der Waals surface area (Å²) in [6.07, 6.45) is 2.93. The van der Waals surface area contributed by atoms with Crippen molar-refractivity contribution < 1.29 is 9.63 Å². The molecule has 4 heteroatoms. The summed E-state index contributed by atoms with van der Waals surface area (Å²) >= 11 is 0. The second-order valence-corrected chi connectivity index (χ2v) is 1.80.